The van der Waals surface area contributed by atoms with Crippen molar-refractivity contribution in [1.82, 2.24) is 4.90 Å². The molecule has 2 atom stereocenters. The lowest BCUT2D eigenvalue weighted by atomic mass is 9.90. The number of aryl methyl sites for hydroxylation is 1. The van der Waals surface area contributed by atoms with Crippen molar-refractivity contribution in [2.45, 2.75) is 57.2 Å². The van der Waals surface area contributed by atoms with Crippen LogP contribution in [0.15, 0.2) is 18.2 Å². The Hall–Kier alpha value is -0.930. The highest BCUT2D eigenvalue weighted by molar-refractivity contribution is 5.28. The number of benzene rings is 1. The summed E-state index contributed by atoms with van der Waals surface area (Å²) in [7, 11) is 0. The van der Waals surface area contributed by atoms with E-state index in [4.69, 9.17) is 0 Å². The average molecular weight is 263 g/mol. The molecule has 0 bridgehead atoms. The summed E-state index contributed by atoms with van der Waals surface area (Å²) in [5.74, 6) is -0.201. The lowest BCUT2D eigenvalue weighted by Crippen LogP contribution is -2.36. The minimum absolute atomic E-state index is 0.201. The largest absolute Gasteiger partial charge is 0.388 e. The molecule has 0 amide bonds. The molecule has 2 unspecified atom stereocenters. The van der Waals surface area contributed by atoms with Gasteiger partial charge in [-0.2, -0.15) is 0 Å². The highest BCUT2D eigenvalue weighted by Gasteiger charge is 2.45. The Morgan fingerprint density at radius 3 is 2.79 bits per heavy atom. The van der Waals surface area contributed by atoms with Crippen LogP contribution >= 0.6 is 0 Å². The second-order valence-electron chi connectivity index (χ2n) is 6.43. The Balaban J connectivity index is 1.75. The molecular formula is C16H22FNO. The van der Waals surface area contributed by atoms with Crippen molar-refractivity contribution in [2.75, 3.05) is 6.54 Å². The molecule has 2 nitrogen and oxygen atoms in total. The van der Waals surface area contributed by atoms with E-state index < -0.39 is 5.60 Å². The Morgan fingerprint density at radius 2 is 2.16 bits per heavy atom. The van der Waals surface area contributed by atoms with Crippen molar-refractivity contribution in [3.05, 3.63) is 35.1 Å². The van der Waals surface area contributed by atoms with E-state index in [9.17, 15) is 9.50 Å². The second-order valence-corrected chi connectivity index (χ2v) is 6.43. The standard InChI is InChI=1S/C16H22FNO/c1-11-7-14(17)4-3-13(11)9-16(19)8-12(2)18(10-16)15-5-6-15/h3-4,7,12,15,19H,5-6,8-10H2,1-2H3. The Labute approximate surface area is 114 Å². The molecule has 2 aliphatic rings. The molecule has 0 aromatic heterocycles. The van der Waals surface area contributed by atoms with Gasteiger partial charge in [0, 0.05) is 25.0 Å². The summed E-state index contributed by atoms with van der Waals surface area (Å²) in [6, 6.07) is 6.00. The van der Waals surface area contributed by atoms with Crippen molar-refractivity contribution in [3.63, 3.8) is 0 Å². The summed E-state index contributed by atoms with van der Waals surface area (Å²) in [5, 5.41) is 10.8. The Kier molecular flexibility index (Phi) is 3.14. The van der Waals surface area contributed by atoms with Crippen molar-refractivity contribution in [1.29, 1.82) is 0 Å². The van der Waals surface area contributed by atoms with Crippen LogP contribution in [-0.4, -0.2) is 34.2 Å². The molecule has 0 spiro atoms. The number of hydrogen-bond acceptors (Lipinski definition) is 2. The molecule has 3 rings (SSSR count). The molecule has 19 heavy (non-hydrogen) atoms. The fourth-order valence-corrected chi connectivity index (χ4v) is 3.46. The summed E-state index contributed by atoms with van der Waals surface area (Å²) in [4.78, 5) is 2.44. The third-order valence-electron chi connectivity index (χ3n) is 4.56. The zero-order chi connectivity index (χ0) is 13.6. The van der Waals surface area contributed by atoms with Gasteiger partial charge in [-0.25, -0.2) is 4.39 Å². The fourth-order valence-electron chi connectivity index (χ4n) is 3.46. The molecule has 1 aromatic rings. The first-order valence-electron chi connectivity index (χ1n) is 7.20. The van der Waals surface area contributed by atoms with Crippen molar-refractivity contribution in [3.8, 4) is 0 Å². The lowest BCUT2D eigenvalue weighted by Gasteiger charge is -2.24. The lowest BCUT2D eigenvalue weighted by molar-refractivity contribution is 0.0485. The average Bonchev–Trinajstić information content (AvgIpc) is 3.10. The van der Waals surface area contributed by atoms with Crippen LogP contribution in [0, 0.1) is 12.7 Å². The van der Waals surface area contributed by atoms with Crippen molar-refractivity contribution < 1.29 is 9.50 Å². The van der Waals surface area contributed by atoms with Gasteiger partial charge in [-0.3, -0.25) is 4.90 Å². The first-order chi connectivity index (χ1) is 8.97. The van der Waals surface area contributed by atoms with Gasteiger partial charge in [-0.15, -0.1) is 0 Å². The van der Waals surface area contributed by atoms with Crippen LogP contribution in [0.4, 0.5) is 4.39 Å². The van der Waals surface area contributed by atoms with Gasteiger partial charge >= 0.3 is 0 Å². The molecule has 104 valence electrons. The predicted octanol–water partition coefficient (Wildman–Crippen LogP) is 2.66. The SMILES string of the molecule is Cc1cc(F)ccc1CC1(O)CC(C)N(C2CC2)C1. The van der Waals surface area contributed by atoms with E-state index in [0.29, 0.717) is 18.5 Å². The summed E-state index contributed by atoms with van der Waals surface area (Å²) in [5.41, 5.74) is 1.35. The predicted molar refractivity (Wildman–Crippen MR) is 73.6 cm³/mol. The molecule has 1 aliphatic heterocycles. The smallest absolute Gasteiger partial charge is 0.123 e. The number of aliphatic hydroxyl groups is 1. The molecule has 1 aromatic carbocycles. The number of nitrogens with zero attached hydrogens (tertiary/aromatic N) is 1. The van der Waals surface area contributed by atoms with Crippen molar-refractivity contribution in [2.24, 2.45) is 0 Å². The van der Waals surface area contributed by atoms with Gasteiger partial charge in [-0.05, 0) is 56.4 Å². The minimum Gasteiger partial charge on any atom is -0.388 e. The van der Waals surface area contributed by atoms with E-state index in [1.54, 1.807) is 6.07 Å². The number of rotatable bonds is 3. The normalized spacial score (nSPS) is 31.9. The summed E-state index contributed by atoms with van der Waals surface area (Å²) < 4.78 is 13.1. The van der Waals surface area contributed by atoms with Crippen LogP contribution in [0.1, 0.15) is 37.3 Å². The van der Waals surface area contributed by atoms with E-state index in [1.807, 2.05) is 13.0 Å². The quantitative estimate of drug-likeness (QED) is 0.906. The van der Waals surface area contributed by atoms with Crippen LogP contribution in [0.5, 0.6) is 0 Å². The molecule has 1 aliphatic carbocycles. The van der Waals surface area contributed by atoms with Crippen LogP contribution in [0.3, 0.4) is 0 Å². The fraction of sp³-hybridized carbons (Fsp3) is 0.625. The number of β-amino-alcohol motifs (C(OH)–C–C–N with tert-alkyl or cyclic N) is 1. The summed E-state index contributed by atoms with van der Waals surface area (Å²) in [6.07, 6.45) is 4.00. The van der Waals surface area contributed by atoms with Gasteiger partial charge < -0.3 is 5.11 Å². The summed E-state index contributed by atoms with van der Waals surface area (Å²) in [6.45, 7) is 4.88. The van der Waals surface area contributed by atoms with Crippen molar-refractivity contribution >= 4 is 0 Å². The van der Waals surface area contributed by atoms with Crippen LogP contribution < -0.4 is 0 Å². The van der Waals surface area contributed by atoms with Crippen LogP contribution in [-0.2, 0) is 6.42 Å². The summed E-state index contributed by atoms with van der Waals surface area (Å²) >= 11 is 0. The van der Waals surface area contributed by atoms with E-state index in [0.717, 1.165) is 24.1 Å². The first-order valence-corrected chi connectivity index (χ1v) is 7.20. The first kappa shape index (κ1) is 13.1. The maximum atomic E-state index is 13.1. The number of halogens is 1. The van der Waals surface area contributed by atoms with E-state index in [2.05, 4.69) is 11.8 Å². The molecule has 3 heteroatoms. The zero-order valence-corrected chi connectivity index (χ0v) is 11.7. The molecular weight excluding hydrogens is 241 g/mol. The minimum atomic E-state index is -0.648. The molecule has 1 saturated carbocycles. The molecule has 1 heterocycles. The highest BCUT2D eigenvalue weighted by atomic mass is 19.1. The van der Waals surface area contributed by atoms with Gasteiger partial charge in [0.15, 0.2) is 0 Å². The number of hydrogen-bond donors (Lipinski definition) is 1. The highest BCUT2D eigenvalue weighted by Crippen LogP contribution is 2.38. The third kappa shape index (κ3) is 2.67. The van der Waals surface area contributed by atoms with Gasteiger partial charge in [0.2, 0.25) is 0 Å². The topological polar surface area (TPSA) is 23.5 Å². The zero-order valence-electron chi connectivity index (χ0n) is 11.7. The maximum absolute atomic E-state index is 13.1. The van der Waals surface area contributed by atoms with Gasteiger partial charge in [-0.1, -0.05) is 6.07 Å². The van der Waals surface area contributed by atoms with E-state index in [1.165, 1.54) is 18.9 Å². The maximum Gasteiger partial charge on any atom is 0.123 e. The Bertz CT molecular complexity index is 486. The van der Waals surface area contributed by atoms with Gasteiger partial charge in [0.05, 0.1) is 5.60 Å². The van der Waals surface area contributed by atoms with E-state index in [-0.39, 0.29) is 5.82 Å². The molecule has 1 saturated heterocycles. The third-order valence-corrected chi connectivity index (χ3v) is 4.56. The van der Waals surface area contributed by atoms with Crippen LogP contribution in [0.25, 0.3) is 0 Å². The Morgan fingerprint density at radius 1 is 1.42 bits per heavy atom. The second kappa shape index (κ2) is 4.57. The molecule has 1 N–H and O–H groups in total. The van der Waals surface area contributed by atoms with Crippen LogP contribution in [0.2, 0.25) is 0 Å². The van der Waals surface area contributed by atoms with E-state index >= 15 is 0 Å². The molecule has 0 radical (unpaired) electrons. The van der Waals surface area contributed by atoms with Gasteiger partial charge in [0.25, 0.3) is 0 Å². The monoisotopic (exact) mass is 263 g/mol. The number of likely N-dealkylation sites (tertiary alicyclic amines) is 1. The van der Waals surface area contributed by atoms with Gasteiger partial charge in [0.1, 0.15) is 5.82 Å². The molecule has 2 fully saturated rings.